The van der Waals surface area contributed by atoms with Crippen molar-refractivity contribution < 1.29 is 4.57 Å². The Bertz CT molecular complexity index is 332. The quantitative estimate of drug-likeness (QED) is 0.520. The van der Waals surface area contributed by atoms with Gasteiger partial charge in [-0.2, -0.15) is 0 Å². The first-order chi connectivity index (χ1) is 8.20. The Morgan fingerprint density at radius 2 is 1.88 bits per heavy atom. The van der Waals surface area contributed by atoms with E-state index in [-0.39, 0.29) is 0 Å². The molecular formula is C15H27N2+. The van der Waals surface area contributed by atoms with Crippen LogP contribution in [-0.4, -0.2) is 14.1 Å². The molecule has 0 radical (unpaired) electrons. The molecule has 0 aliphatic heterocycles. The van der Waals surface area contributed by atoms with Gasteiger partial charge in [0.05, 0.1) is 26.8 Å². The lowest BCUT2D eigenvalue weighted by Gasteiger charge is -2.14. The predicted molar refractivity (Wildman–Crippen MR) is 74.5 cm³/mol. The van der Waals surface area contributed by atoms with Crippen molar-refractivity contribution in [1.82, 2.24) is 0 Å². The van der Waals surface area contributed by atoms with Gasteiger partial charge in [0.1, 0.15) is 0 Å². The predicted octanol–water partition coefficient (Wildman–Crippen LogP) is 3.18. The lowest BCUT2D eigenvalue weighted by Crippen LogP contribution is -2.39. The number of hydrogen-bond acceptors (Lipinski definition) is 1. The summed E-state index contributed by atoms with van der Waals surface area (Å²) in [5.74, 6) is 1.37. The third-order valence-electron chi connectivity index (χ3n) is 3.19. The van der Waals surface area contributed by atoms with E-state index in [0.717, 1.165) is 6.54 Å². The minimum atomic E-state index is 1.04. The van der Waals surface area contributed by atoms with Crippen molar-refractivity contribution in [3.8, 4) is 0 Å². The molecule has 1 aromatic rings. The van der Waals surface area contributed by atoms with Gasteiger partial charge in [-0.25, -0.2) is 4.57 Å². The van der Waals surface area contributed by atoms with E-state index in [4.69, 9.17) is 0 Å². The first kappa shape index (κ1) is 14.0. The van der Waals surface area contributed by atoms with E-state index in [1.54, 1.807) is 0 Å². The fourth-order valence-corrected chi connectivity index (χ4v) is 2.33. The average molecular weight is 235 g/mol. The first-order valence-electron chi connectivity index (χ1n) is 6.89. The Kier molecular flexibility index (Phi) is 6.03. The molecule has 0 N–H and O–H groups in total. The summed E-state index contributed by atoms with van der Waals surface area (Å²) in [4.78, 5) is 2.23. The van der Waals surface area contributed by atoms with Gasteiger partial charge in [-0.3, -0.25) is 4.90 Å². The average Bonchev–Trinajstić information content (AvgIpc) is 2.33. The summed E-state index contributed by atoms with van der Waals surface area (Å²) in [6, 6.07) is 4.44. The largest absolute Gasteiger partial charge is 0.279 e. The molecule has 17 heavy (non-hydrogen) atoms. The third kappa shape index (κ3) is 4.03. The number of unbranched alkanes of at least 4 members (excludes halogenated alkanes) is 3. The van der Waals surface area contributed by atoms with Crippen molar-refractivity contribution in [2.75, 3.05) is 19.0 Å². The number of aromatic nitrogens is 1. The van der Waals surface area contributed by atoms with Gasteiger partial charge in [0.25, 0.3) is 5.82 Å². The van der Waals surface area contributed by atoms with E-state index < -0.39 is 0 Å². The molecule has 2 heteroatoms. The highest BCUT2D eigenvalue weighted by Crippen LogP contribution is 2.16. The molecule has 0 bridgehead atoms. The van der Waals surface area contributed by atoms with Crippen molar-refractivity contribution >= 4 is 5.82 Å². The number of pyridine rings is 1. The van der Waals surface area contributed by atoms with Crippen LogP contribution in [0.5, 0.6) is 0 Å². The van der Waals surface area contributed by atoms with E-state index in [2.05, 4.69) is 55.7 Å². The Hall–Kier alpha value is -1.05. The van der Waals surface area contributed by atoms with Gasteiger partial charge in [0.15, 0.2) is 0 Å². The number of anilines is 1. The minimum Gasteiger partial charge on any atom is -0.267 e. The van der Waals surface area contributed by atoms with Crippen molar-refractivity contribution in [2.45, 2.75) is 52.5 Å². The molecule has 0 atom stereocenters. The van der Waals surface area contributed by atoms with Crippen LogP contribution in [0.2, 0.25) is 0 Å². The molecule has 1 aromatic heterocycles. The maximum absolute atomic E-state index is 2.33. The fourth-order valence-electron chi connectivity index (χ4n) is 2.33. The molecule has 96 valence electrons. The molecule has 1 heterocycles. The van der Waals surface area contributed by atoms with Gasteiger partial charge >= 0.3 is 0 Å². The summed E-state index contributed by atoms with van der Waals surface area (Å²) in [5, 5.41) is 0. The molecule has 1 rings (SSSR count). The highest BCUT2D eigenvalue weighted by molar-refractivity contribution is 5.40. The second-order valence-corrected chi connectivity index (χ2v) is 4.85. The highest BCUT2D eigenvalue weighted by Gasteiger charge is 2.15. The molecule has 0 aromatic carbocycles. The number of aryl methyl sites for hydroxylation is 2. The lowest BCUT2D eigenvalue weighted by atomic mass is 10.1. The van der Waals surface area contributed by atoms with Crippen LogP contribution in [0.1, 0.15) is 45.1 Å². The van der Waals surface area contributed by atoms with E-state index in [1.165, 1.54) is 43.5 Å². The van der Waals surface area contributed by atoms with Gasteiger partial charge in [-0.05, 0) is 31.9 Å². The van der Waals surface area contributed by atoms with E-state index in [1.807, 2.05) is 0 Å². The highest BCUT2D eigenvalue weighted by atomic mass is 15.2. The van der Waals surface area contributed by atoms with Gasteiger partial charge in [0.2, 0.25) is 0 Å². The van der Waals surface area contributed by atoms with Crippen LogP contribution in [0, 0.1) is 0 Å². The number of rotatable bonds is 7. The molecular weight excluding hydrogens is 208 g/mol. The van der Waals surface area contributed by atoms with Crippen molar-refractivity contribution in [1.29, 1.82) is 0 Å². The fraction of sp³-hybridized carbons (Fsp3) is 0.667. The molecule has 0 saturated heterocycles. The van der Waals surface area contributed by atoms with Gasteiger partial charge < -0.3 is 0 Å². The standard InChI is InChI=1S/C15H27N2/c1-5-7-8-9-11-14-12-10-13-17(6-2)15(14)16(3)4/h10,12-13H,5-9,11H2,1-4H3/q+1. The molecule has 2 nitrogen and oxygen atoms in total. The third-order valence-corrected chi connectivity index (χ3v) is 3.19. The van der Waals surface area contributed by atoms with E-state index in [9.17, 15) is 0 Å². The Morgan fingerprint density at radius 1 is 1.12 bits per heavy atom. The van der Waals surface area contributed by atoms with Crippen LogP contribution >= 0.6 is 0 Å². The minimum absolute atomic E-state index is 1.04. The zero-order chi connectivity index (χ0) is 12.7. The zero-order valence-corrected chi connectivity index (χ0v) is 11.9. The SMILES string of the molecule is CCCCCCc1ccc[n+](CC)c1N(C)C. The maximum atomic E-state index is 2.33. The topological polar surface area (TPSA) is 7.12 Å². The Balaban J connectivity index is 2.76. The molecule has 0 amide bonds. The summed E-state index contributed by atoms with van der Waals surface area (Å²) < 4.78 is 2.33. The number of hydrogen-bond donors (Lipinski definition) is 0. The first-order valence-corrected chi connectivity index (χ1v) is 6.89. The summed E-state index contributed by atoms with van der Waals surface area (Å²) in [7, 11) is 4.27. The Morgan fingerprint density at radius 3 is 2.47 bits per heavy atom. The molecule has 0 aliphatic carbocycles. The molecule has 0 unspecified atom stereocenters. The van der Waals surface area contributed by atoms with Crippen LogP contribution in [0.3, 0.4) is 0 Å². The van der Waals surface area contributed by atoms with E-state index in [0.29, 0.717) is 0 Å². The van der Waals surface area contributed by atoms with Crippen LogP contribution < -0.4 is 9.47 Å². The molecule has 0 fully saturated rings. The lowest BCUT2D eigenvalue weighted by molar-refractivity contribution is -0.681. The number of nitrogens with zero attached hydrogens (tertiary/aromatic N) is 2. The summed E-state index contributed by atoms with van der Waals surface area (Å²) in [6.07, 6.45) is 8.70. The summed E-state index contributed by atoms with van der Waals surface area (Å²) in [6.45, 7) is 5.50. The van der Waals surface area contributed by atoms with Gasteiger partial charge in [0, 0.05) is 5.56 Å². The normalized spacial score (nSPS) is 10.6. The maximum Gasteiger partial charge on any atom is 0.279 e. The van der Waals surface area contributed by atoms with Crippen molar-refractivity contribution in [2.24, 2.45) is 0 Å². The van der Waals surface area contributed by atoms with Gasteiger partial charge in [-0.1, -0.05) is 26.2 Å². The smallest absolute Gasteiger partial charge is 0.267 e. The Labute approximate surface area is 106 Å². The van der Waals surface area contributed by atoms with Crippen LogP contribution in [0.25, 0.3) is 0 Å². The van der Waals surface area contributed by atoms with Gasteiger partial charge in [-0.15, -0.1) is 0 Å². The van der Waals surface area contributed by atoms with Crippen LogP contribution in [-0.2, 0) is 13.0 Å². The second-order valence-electron chi connectivity index (χ2n) is 4.85. The van der Waals surface area contributed by atoms with E-state index >= 15 is 0 Å². The summed E-state index contributed by atoms with van der Waals surface area (Å²) in [5.41, 5.74) is 1.48. The summed E-state index contributed by atoms with van der Waals surface area (Å²) >= 11 is 0. The van der Waals surface area contributed by atoms with Crippen LogP contribution in [0.15, 0.2) is 18.3 Å². The van der Waals surface area contributed by atoms with Crippen LogP contribution in [0.4, 0.5) is 5.82 Å². The molecule has 0 spiro atoms. The zero-order valence-electron chi connectivity index (χ0n) is 11.9. The van der Waals surface area contributed by atoms with Crippen molar-refractivity contribution in [3.63, 3.8) is 0 Å². The molecule has 0 aliphatic rings. The monoisotopic (exact) mass is 235 g/mol. The second kappa shape index (κ2) is 7.31. The molecule has 0 saturated carbocycles. The van der Waals surface area contributed by atoms with Crippen molar-refractivity contribution in [3.05, 3.63) is 23.9 Å².